The van der Waals surface area contributed by atoms with Gasteiger partial charge in [-0.15, -0.1) is 0 Å². The summed E-state index contributed by atoms with van der Waals surface area (Å²) < 4.78 is 0. The molecule has 1 rings (SSSR count). The lowest BCUT2D eigenvalue weighted by Crippen LogP contribution is -2.21. The summed E-state index contributed by atoms with van der Waals surface area (Å²) in [6, 6.07) is 0. The molecular weight excluding hydrogens is 198 g/mol. The van der Waals surface area contributed by atoms with Crippen LogP contribution >= 0.6 is 0 Å². The van der Waals surface area contributed by atoms with E-state index in [2.05, 4.69) is 9.97 Å². The molecule has 82 valence electrons. The molecule has 0 spiro atoms. The van der Waals surface area contributed by atoms with Gasteiger partial charge in [-0.1, -0.05) is 6.92 Å². The molecule has 0 radical (unpaired) electrons. The average Bonchev–Trinajstić information content (AvgIpc) is 2.17. The molecule has 0 amide bonds. The molecule has 1 aromatic rings. The van der Waals surface area contributed by atoms with Crippen molar-refractivity contribution in [1.29, 1.82) is 0 Å². The monoisotopic (exact) mass is 211 g/mol. The number of anilines is 2. The van der Waals surface area contributed by atoms with Gasteiger partial charge in [0.1, 0.15) is 6.33 Å². The Morgan fingerprint density at radius 3 is 2.80 bits per heavy atom. The first-order chi connectivity index (χ1) is 7.07. The van der Waals surface area contributed by atoms with E-state index in [0.29, 0.717) is 6.54 Å². The lowest BCUT2D eigenvalue weighted by atomic mass is 10.3. The van der Waals surface area contributed by atoms with Crippen molar-refractivity contribution in [1.82, 2.24) is 9.97 Å². The van der Waals surface area contributed by atoms with Gasteiger partial charge >= 0.3 is 5.69 Å². The van der Waals surface area contributed by atoms with Crippen LogP contribution in [0.3, 0.4) is 0 Å². The van der Waals surface area contributed by atoms with E-state index < -0.39 is 4.92 Å². The zero-order valence-corrected chi connectivity index (χ0v) is 8.67. The number of hydrogen-bond acceptors (Lipinski definition) is 6. The van der Waals surface area contributed by atoms with Gasteiger partial charge in [-0.2, -0.15) is 0 Å². The zero-order chi connectivity index (χ0) is 11.4. The van der Waals surface area contributed by atoms with Gasteiger partial charge in [-0.05, 0) is 6.42 Å². The van der Waals surface area contributed by atoms with E-state index in [9.17, 15) is 10.1 Å². The summed E-state index contributed by atoms with van der Waals surface area (Å²) in [5.74, 6) is 0.155. The van der Waals surface area contributed by atoms with Crippen LogP contribution in [0, 0.1) is 10.1 Å². The molecule has 0 aromatic carbocycles. The number of nitrogens with two attached hydrogens (primary N) is 1. The van der Waals surface area contributed by atoms with Crippen molar-refractivity contribution < 1.29 is 4.92 Å². The second-order valence-electron chi connectivity index (χ2n) is 3.11. The van der Waals surface area contributed by atoms with Gasteiger partial charge in [0, 0.05) is 13.6 Å². The summed E-state index contributed by atoms with van der Waals surface area (Å²) >= 11 is 0. The Kier molecular flexibility index (Phi) is 3.37. The van der Waals surface area contributed by atoms with Gasteiger partial charge in [-0.3, -0.25) is 10.1 Å². The Morgan fingerprint density at radius 2 is 2.27 bits per heavy atom. The average molecular weight is 211 g/mol. The number of nitrogen functional groups attached to an aromatic ring is 1. The predicted octanol–water partition coefficient (Wildman–Crippen LogP) is 0.813. The van der Waals surface area contributed by atoms with Gasteiger partial charge in [0.05, 0.1) is 4.92 Å². The lowest BCUT2D eigenvalue weighted by molar-refractivity contribution is -0.383. The van der Waals surface area contributed by atoms with E-state index in [-0.39, 0.29) is 17.3 Å². The van der Waals surface area contributed by atoms with Crippen molar-refractivity contribution in [2.24, 2.45) is 0 Å². The fourth-order valence-corrected chi connectivity index (χ4v) is 1.28. The second kappa shape index (κ2) is 4.54. The number of hydrogen-bond donors (Lipinski definition) is 1. The summed E-state index contributed by atoms with van der Waals surface area (Å²) in [6.07, 6.45) is 2.10. The maximum absolute atomic E-state index is 10.8. The maximum Gasteiger partial charge on any atom is 0.353 e. The third-order valence-corrected chi connectivity index (χ3v) is 1.93. The van der Waals surface area contributed by atoms with Crippen LogP contribution in [0.2, 0.25) is 0 Å². The predicted molar refractivity (Wildman–Crippen MR) is 56.7 cm³/mol. The molecule has 0 aliphatic heterocycles. The van der Waals surface area contributed by atoms with Crippen LogP contribution in [0.5, 0.6) is 0 Å². The molecular formula is C8H13N5O2. The largest absolute Gasteiger partial charge is 0.378 e. The molecule has 1 aromatic heterocycles. The van der Waals surface area contributed by atoms with Crippen LogP contribution in [0.15, 0.2) is 6.33 Å². The molecule has 0 fully saturated rings. The molecule has 1 heterocycles. The fourth-order valence-electron chi connectivity index (χ4n) is 1.28. The zero-order valence-electron chi connectivity index (χ0n) is 8.67. The van der Waals surface area contributed by atoms with Crippen LogP contribution < -0.4 is 10.6 Å². The van der Waals surface area contributed by atoms with Gasteiger partial charge in [0.25, 0.3) is 0 Å². The fraction of sp³-hybridized carbons (Fsp3) is 0.500. The Labute approximate surface area is 87.1 Å². The lowest BCUT2D eigenvalue weighted by Gasteiger charge is -2.16. The standard InChI is InChI=1S/C8H13N5O2/c1-3-4-12(2)8-6(13(14)15)7(9)10-5-11-8/h5H,3-4H2,1-2H3,(H2,9,10,11). The van der Waals surface area contributed by atoms with Gasteiger partial charge in [0.15, 0.2) is 0 Å². The number of nitro groups is 1. The highest BCUT2D eigenvalue weighted by Gasteiger charge is 2.23. The van der Waals surface area contributed by atoms with Crippen LogP contribution in [0.4, 0.5) is 17.3 Å². The van der Waals surface area contributed by atoms with Crippen LogP contribution in [0.1, 0.15) is 13.3 Å². The Bertz CT molecular complexity index is 368. The summed E-state index contributed by atoms with van der Waals surface area (Å²) in [7, 11) is 1.73. The third-order valence-electron chi connectivity index (χ3n) is 1.93. The van der Waals surface area contributed by atoms with Crippen molar-refractivity contribution in [2.45, 2.75) is 13.3 Å². The van der Waals surface area contributed by atoms with Crippen molar-refractivity contribution in [2.75, 3.05) is 24.2 Å². The van der Waals surface area contributed by atoms with Gasteiger partial charge < -0.3 is 10.6 Å². The Balaban J connectivity index is 3.16. The van der Waals surface area contributed by atoms with E-state index in [1.807, 2.05) is 6.92 Å². The van der Waals surface area contributed by atoms with Gasteiger partial charge in [-0.25, -0.2) is 9.97 Å². The van der Waals surface area contributed by atoms with E-state index in [1.165, 1.54) is 6.33 Å². The first-order valence-electron chi connectivity index (χ1n) is 4.54. The highest BCUT2D eigenvalue weighted by atomic mass is 16.6. The van der Waals surface area contributed by atoms with Crippen molar-refractivity contribution in [3.8, 4) is 0 Å². The van der Waals surface area contributed by atoms with Crippen molar-refractivity contribution >= 4 is 17.3 Å². The Morgan fingerprint density at radius 1 is 1.60 bits per heavy atom. The SMILES string of the molecule is CCCN(C)c1ncnc(N)c1[N+](=O)[O-]. The minimum Gasteiger partial charge on any atom is -0.378 e. The first-order valence-corrected chi connectivity index (χ1v) is 4.54. The van der Waals surface area contributed by atoms with E-state index in [4.69, 9.17) is 5.73 Å². The molecule has 0 aliphatic carbocycles. The molecule has 15 heavy (non-hydrogen) atoms. The topological polar surface area (TPSA) is 98.2 Å². The Hall–Kier alpha value is -1.92. The smallest absolute Gasteiger partial charge is 0.353 e. The molecule has 0 saturated carbocycles. The highest BCUT2D eigenvalue weighted by Crippen LogP contribution is 2.28. The summed E-state index contributed by atoms with van der Waals surface area (Å²) in [5, 5.41) is 10.8. The molecule has 0 bridgehead atoms. The molecule has 7 nitrogen and oxygen atoms in total. The minimum atomic E-state index is -0.559. The summed E-state index contributed by atoms with van der Waals surface area (Å²) in [5.41, 5.74) is 5.21. The van der Waals surface area contributed by atoms with E-state index in [1.54, 1.807) is 11.9 Å². The summed E-state index contributed by atoms with van der Waals surface area (Å²) in [6.45, 7) is 2.66. The molecule has 0 atom stereocenters. The maximum atomic E-state index is 10.8. The van der Waals surface area contributed by atoms with Crippen LogP contribution in [-0.2, 0) is 0 Å². The van der Waals surface area contributed by atoms with Gasteiger partial charge in [0.2, 0.25) is 11.6 Å². The molecule has 7 heteroatoms. The van der Waals surface area contributed by atoms with Crippen LogP contribution in [-0.4, -0.2) is 28.5 Å². The highest BCUT2D eigenvalue weighted by molar-refractivity contribution is 5.67. The minimum absolute atomic E-state index is 0.104. The normalized spacial score (nSPS) is 10.0. The molecule has 0 unspecified atom stereocenters. The molecule has 0 aliphatic rings. The third kappa shape index (κ3) is 2.30. The number of aromatic nitrogens is 2. The first kappa shape index (κ1) is 11.2. The van der Waals surface area contributed by atoms with Crippen molar-refractivity contribution in [3.63, 3.8) is 0 Å². The molecule has 2 N–H and O–H groups in total. The van der Waals surface area contributed by atoms with E-state index in [0.717, 1.165) is 6.42 Å². The summed E-state index contributed by atoms with van der Waals surface area (Å²) in [4.78, 5) is 19.4. The quantitative estimate of drug-likeness (QED) is 0.584. The molecule has 0 saturated heterocycles. The van der Waals surface area contributed by atoms with Crippen molar-refractivity contribution in [3.05, 3.63) is 16.4 Å². The number of nitrogens with zero attached hydrogens (tertiary/aromatic N) is 4. The second-order valence-corrected chi connectivity index (χ2v) is 3.11. The van der Waals surface area contributed by atoms with Crippen LogP contribution in [0.25, 0.3) is 0 Å². The van der Waals surface area contributed by atoms with E-state index >= 15 is 0 Å². The number of rotatable bonds is 4.